The fraction of sp³-hybridized carbons (Fsp3) is 0.200. The molecule has 144 valence electrons. The van der Waals surface area contributed by atoms with Crippen LogP contribution < -0.4 is 15.5 Å². The molecular weight excluding hydrogens is 368 g/mol. The molecule has 0 aliphatic carbocycles. The molecular formula is C20H18N8O. The van der Waals surface area contributed by atoms with E-state index in [0.717, 1.165) is 36.2 Å². The van der Waals surface area contributed by atoms with Gasteiger partial charge in [0.2, 0.25) is 11.9 Å². The van der Waals surface area contributed by atoms with Crippen LogP contribution in [0.2, 0.25) is 0 Å². The Labute approximate surface area is 167 Å². The maximum atomic E-state index is 11.5. The topological polar surface area (TPSA) is 120 Å². The van der Waals surface area contributed by atoms with Crippen molar-refractivity contribution < 1.29 is 4.79 Å². The summed E-state index contributed by atoms with van der Waals surface area (Å²) in [5.74, 6) is 1.09. The van der Waals surface area contributed by atoms with Crippen LogP contribution in [0.5, 0.6) is 0 Å². The SMILES string of the molecule is C=CC(=O)Nc1ccc2c(N3CCC(Nc4ncc(C#N)cn4)C3)ncnc2c1. The largest absolute Gasteiger partial charge is 0.354 e. The number of benzene rings is 1. The number of nitrogens with zero attached hydrogens (tertiary/aromatic N) is 6. The first-order valence-electron chi connectivity index (χ1n) is 9.08. The van der Waals surface area contributed by atoms with Gasteiger partial charge in [-0.05, 0) is 30.7 Å². The average molecular weight is 386 g/mol. The van der Waals surface area contributed by atoms with Crippen molar-refractivity contribution in [1.29, 1.82) is 5.26 Å². The number of fused-ring (bicyclic) bond motifs is 1. The van der Waals surface area contributed by atoms with Gasteiger partial charge < -0.3 is 15.5 Å². The fourth-order valence-corrected chi connectivity index (χ4v) is 3.28. The second-order valence-corrected chi connectivity index (χ2v) is 6.61. The zero-order valence-corrected chi connectivity index (χ0v) is 15.5. The highest BCUT2D eigenvalue weighted by atomic mass is 16.1. The predicted molar refractivity (Wildman–Crippen MR) is 109 cm³/mol. The molecule has 0 spiro atoms. The van der Waals surface area contributed by atoms with E-state index < -0.39 is 0 Å². The lowest BCUT2D eigenvalue weighted by Crippen LogP contribution is -2.27. The first-order chi connectivity index (χ1) is 14.2. The van der Waals surface area contributed by atoms with Crippen molar-refractivity contribution in [3.8, 4) is 6.07 Å². The molecule has 1 atom stereocenters. The van der Waals surface area contributed by atoms with E-state index in [2.05, 4.69) is 42.0 Å². The van der Waals surface area contributed by atoms with Crippen LogP contribution in [0.4, 0.5) is 17.5 Å². The molecule has 1 unspecified atom stereocenters. The number of amides is 1. The van der Waals surface area contributed by atoms with Gasteiger partial charge in [-0.1, -0.05) is 6.58 Å². The molecule has 0 bridgehead atoms. The van der Waals surface area contributed by atoms with E-state index in [4.69, 9.17) is 5.26 Å². The standard InChI is InChI=1S/C20H18N8O/c1-2-18(29)26-14-3-4-16-17(7-14)24-12-25-19(16)28-6-5-15(11-28)27-20-22-9-13(8-21)10-23-20/h2-4,7,9-10,12,15H,1,5-6,11H2,(H,26,29)(H,22,23,27). The van der Waals surface area contributed by atoms with Gasteiger partial charge in [0.1, 0.15) is 18.2 Å². The van der Waals surface area contributed by atoms with Gasteiger partial charge in [-0.15, -0.1) is 0 Å². The minimum Gasteiger partial charge on any atom is -0.354 e. The normalized spacial score (nSPS) is 15.7. The summed E-state index contributed by atoms with van der Waals surface area (Å²) in [4.78, 5) is 30.9. The number of nitrogens with one attached hydrogen (secondary N) is 2. The van der Waals surface area contributed by atoms with Crippen molar-refractivity contribution in [3.63, 3.8) is 0 Å². The summed E-state index contributed by atoms with van der Waals surface area (Å²) < 4.78 is 0. The summed E-state index contributed by atoms with van der Waals surface area (Å²) in [5, 5.41) is 15.8. The Bertz CT molecular complexity index is 1110. The van der Waals surface area contributed by atoms with Crippen LogP contribution in [0.3, 0.4) is 0 Å². The maximum absolute atomic E-state index is 11.5. The molecule has 1 aliphatic heterocycles. The number of hydrogen-bond acceptors (Lipinski definition) is 8. The number of carbonyl (C=O) groups excluding carboxylic acids is 1. The molecule has 1 saturated heterocycles. The van der Waals surface area contributed by atoms with Crippen molar-refractivity contribution in [1.82, 2.24) is 19.9 Å². The highest BCUT2D eigenvalue weighted by Gasteiger charge is 2.25. The Morgan fingerprint density at radius 1 is 1.28 bits per heavy atom. The Morgan fingerprint density at radius 3 is 2.86 bits per heavy atom. The monoisotopic (exact) mass is 386 g/mol. The van der Waals surface area contributed by atoms with E-state index >= 15 is 0 Å². The lowest BCUT2D eigenvalue weighted by molar-refractivity contribution is -0.111. The number of nitriles is 1. The summed E-state index contributed by atoms with van der Waals surface area (Å²) in [6, 6.07) is 7.73. The first kappa shape index (κ1) is 18.3. The van der Waals surface area contributed by atoms with Gasteiger partial charge >= 0.3 is 0 Å². The third-order valence-electron chi connectivity index (χ3n) is 4.67. The minimum absolute atomic E-state index is 0.166. The van der Waals surface area contributed by atoms with Crippen molar-refractivity contribution in [2.24, 2.45) is 0 Å². The number of aromatic nitrogens is 4. The van der Waals surface area contributed by atoms with E-state index in [1.54, 1.807) is 0 Å². The molecule has 9 heteroatoms. The lowest BCUT2D eigenvalue weighted by Gasteiger charge is -2.19. The van der Waals surface area contributed by atoms with E-state index in [9.17, 15) is 4.79 Å². The molecule has 0 saturated carbocycles. The molecule has 29 heavy (non-hydrogen) atoms. The molecule has 4 rings (SSSR count). The van der Waals surface area contributed by atoms with Crippen LogP contribution in [0.15, 0.2) is 49.6 Å². The third kappa shape index (κ3) is 3.96. The molecule has 1 aromatic carbocycles. The van der Waals surface area contributed by atoms with Crippen LogP contribution in [0, 0.1) is 11.3 Å². The number of hydrogen-bond donors (Lipinski definition) is 2. The van der Waals surface area contributed by atoms with Gasteiger partial charge in [0.15, 0.2) is 0 Å². The van der Waals surface area contributed by atoms with Crippen molar-refractivity contribution in [3.05, 3.63) is 55.1 Å². The molecule has 3 aromatic rings. The maximum Gasteiger partial charge on any atom is 0.247 e. The first-order valence-corrected chi connectivity index (χ1v) is 9.08. The molecule has 2 N–H and O–H groups in total. The predicted octanol–water partition coefficient (Wildman–Crippen LogP) is 2.11. The average Bonchev–Trinajstić information content (AvgIpc) is 3.22. The van der Waals surface area contributed by atoms with Crippen LogP contribution in [-0.4, -0.2) is 45.0 Å². The van der Waals surface area contributed by atoms with Crippen LogP contribution in [0.1, 0.15) is 12.0 Å². The summed E-state index contributed by atoms with van der Waals surface area (Å²) in [6.07, 6.45) is 6.67. The Balaban J connectivity index is 1.50. The van der Waals surface area contributed by atoms with Crippen molar-refractivity contribution >= 4 is 34.3 Å². The molecule has 3 heterocycles. The quantitative estimate of drug-likeness (QED) is 0.640. The number of anilines is 3. The highest BCUT2D eigenvalue weighted by Crippen LogP contribution is 2.28. The number of rotatable bonds is 5. The third-order valence-corrected chi connectivity index (χ3v) is 4.67. The lowest BCUT2D eigenvalue weighted by atomic mass is 10.2. The fourth-order valence-electron chi connectivity index (χ4n) is 3.28. The van der Waals surface area contributed by atoms with Crippen LogP contribution in [-0.2, 0) is 4.79 Å². The van der Waals surface area contributed by atoms with E-state index in [1.165, 1.54) is 24.8 Å². The molecule has 9 nitrogen and oxygen atoms in total. The Hall–Kier alpha value is -4.06. The van der Waals surface area contributed by atoms with Gasteiger partial charge in [0.05, 0.1) is 23.5 Å². The van der Waals surface area contributed by atoms with Gasteiger partial charge in [-0.3, -0.25) is 4.79 Å². The van der Waals surface area contributed by atoms with Gasteiger partial charge in [0, 0.05) is 30.2 Å². The van der Waals surface area contributed by atoms with Crippen LogP contribution >= 0.6 is 0 Å². The summed E-state index contributed by atoms with van der Waals surface area (Å²) in [7, 11) is 0. The molecule has 1 aliphatic rings. The molecule has 1 fully saturated rings. The smallest absolute Gasteiger partial charge is 0.247 e. The summed E-state index contributed by atoms with van der Waals surface area (Å²) in [5.41, 5.74) is 1.84. The van der Waals surface area contributed by atoms with E-state index in [-0.39, 0.29) is 11.9 Å². The van der Waals surface area contributed by atoms with E-state index in [0.29, 0.717) is 17.2 Å². The zero-order valence-electron chi connectivity index (χ0n) is 15.5. The van der Waals surface area contributed by atoms with Gasteiger partial charge in [0.25, 0.3) is 0 Å². The molecule has 0 radical (unpaired) electrons. The van der Waals surface area contributed by atoms with Gasteiger partial charge in [-0.2, -0.15) is 5.26 Å². The summed E-state index contributed by atoms with van der Waals surface area (Å²) >= 11 is 0. The van der Waals surface area contributed by atoms with Gasteiger partial charge in [-0.25, -0.2) is 19.9 Å². The van der Waals surface area contributed by atoms with E-state index in [1.807, 2.05) is 24.3 Å². The zero-order chi connectivity index (χ0) is 20.2. The second kappa shape index (κ2) is 7.90. The highest BCUT2D eigenvalue weighted by molar-refractivity contribution is 6.01. The summed E-state index contributed by atoms with van der Waals surface area (Å²) in [6.45, 7) is 5.03. The minimum atomic E-state index is -0.267. The molecule has 1 amide bonds. The Kier molecular flexibility index (Phi) is 4.99. The second-order valence-electron chi connectivity index (χ2n) is 6.61. The van der Waals surface area contributed by atoms with Crippen molar-refractivity contribution in [2.45, 2.75) is 12.5 Å². The number of carbonyl (C=O) groups is 1. The molecule has 2 aromatic heterocycles. The van der Waals surface area contributed by atoms with Crippen molar-refractivity contribution in [2.75, 3.05) is 28.6 Å². The van der Waals surface area contributed by atoms with Crippen LogP contribution in [0.25, 0.3) is 10.9 Å². The Morgan fingerprint density at radius 2 is 2.10 bits per heavy atom.